The zero-order chi connectivity index (χ0) is 45.2. The van der Waals surface area contributed by atoms with Gasteiger partial charge in [-0.1, -0.05) is 221 Å². The molecule has 6 nitrogen and oxygen atoms in total. The maximum atomic E-state index is 13.2. The van der Waals surface area contributed by atoms with Gasteiger partial charge >= 0.3 is 5.97 Å². The number of aliphatic hydroxyl groups excluding tert-OH is 2. The first-order chi connectivity index (χ1) is 30.5. The second-order valence-electron chi connectivity index (χ2n) is 17.3. The van der Waals surface area contributed by atoms with E-state index in [-0.39, 0.29) is 24.9 Å². The fraction of sp³-hybridized carbons (Fsp3) is 0.714. The van der Waals surface area contributed by atoms with Gasteiger partial charge in [0.2, 0.25) is 5.91 Å². The van der Waals surface area contributed by atoms with Crippen LogP contribution in [0.4, 0.5) is 0 Å². The fourth-order valence-electron chi connectivity index (χ4n) is 7.40. The standard InChI is InChI=1S/C56H97NO5/c1-4-7-10-13-16-19-22-25-26-27-28-29-31-34-37-40-43-46-49-56(61)62-52(47-44-41-38-35-32-24-21-18-15-12-9-6-3)50-55(60)57-53(51-58)54(59)48-45-42-39-36-33-30-23-20-17-14-11-8-5-2/h9,12,16,18-19,21-22,25-29,32,35,52-54,58-59H,4-8,10-11,13-15,17,20,23-24,30-31,33-34,36-51H2,1-3H3,(H,57,60)/b12-9+,19-16+,21-18+,25-22+,27-26+,29-28+,35-32+. The van der Waals surface area contributed by atoms with Crippen LogP contribution >= 0.6 is 0 Å². The highest BCUT2D eigenvalue weighted by molar-refractivity contribution is 5.77. The van der Waals surface area contributed by atoms with Crippen molar-refractivity contribution in [1.29, 1.82) is 0 Å². The summed E-state index contributed by atoms with van der Waals surface area (Å²) in [5.74, 6) is -0.543. The van der Waals surface area contributed by atoms with Crippen LogP contribution in [0.5, 0.6) is 0 Å². The molecular weight excluding hydrogens is 767 g/mol. The Balaban J connectivity index is 4.65. The minimum Gasteiger partial charge on any atom is -0.462 e. The number of carbonyl (C=O) groups excluding carboxylic acids is 2. The highest BCUT2D eigenvalue weighted by atomic mass is 16.5. The molecule has 62 heavy (non-hydrogen) atoms. The van der Waals surface area contributed by atoms with E-state index in [2.05, 4.69) is 111 Å². The van der Waals surface area contributed by atoms with Gasteiger partial charge in [0.05, 0.1) is 25.2 Å². The second kappa shape index (κ2) is 49.1. The molecule has 0 saturated heterocycles. The third-order valence-corrected chi connectivity index (χ3v) is 11.3. The lowest BCUT2D eigenvalue weighted by Gasteiger charge is -2.24. The van der Waals surface area contributed by atoms with E-state index in [1.165, 1.54) is 83.5 Å². The monoisotopic (exact) mass is 864 g/mol. The van der Waals surface area contributed by atoms with E-state index >= 15 is 0 Å². The molecule has 0 spiro atoms. The molecule has 0 rings (SSSR count). The molecule has 0 aliphatic rings. The van der Waals surface area contributed by atoms with Gasteiger partial charge in [-0.2, -0.15) is 0 Å². The summed E-state index contributed by atoms with van der Waals surface area (Å²) in [7, 11) is 0. The van der Waals surface area contributed by atoms with Gasteiger partial charge in [-0.15, -0.1) is 0 Å². The van der Waals surface area contributed by atoms with Crippen LogP contribution in [0.15, 0.2) is 85.1 Å². The van der Waals surface area contributed by atoms with E-state index in [1.54, 1.807) is 0 Å². The quantitative estimate of drug-likeness (QED) is 0.0245. The molecule has 0 fully saturated rings. The Morgan fingerprint density at radius 1 is 0.500 bits per heavy atom. The SMILES string of the molecule is CC/C=C/C/C=C/C/C=C/CCCCC(CC(=O)NC(CO)C(O)CCCCCCCCCCCCCCC)OC(=O)CCCCCCC/C=C/C=C/C=C/C=C/CCCCC. The van der Waals surface area contributed by atoms with Crippen molar-refractivity contribution in [1.82, 2.24) is 5.32 Å². The van der Waals surface area contributed by atoms with Crippen molar-refractivity contribution in [2.24, 2.45) is 0 Å². The van der Waals surface area contributed by atoms with Gasteiger partial charge in [-0.05, 0) is 83.5 Å². The van der Waals surface area contributed by atoms with E-state index in [1.807, 2.05) is 0 Å². The highest BCUT2D eigenvalue weighted by Crippen LogP contribution is 2.17. The Morgan fingerprint density at radius 3 is 1.52 bits per heavy atom. The number of ether oxygens (including phenoxy) is 1. The van der Waals surface area contributed by atoms with Crippen molar-refractivity contribution in [2.75, 3.05) is 6.61 Å². The van der Waals surface area contributed by atoms with Crippen LogP contribution in [-0.4, -0.2) is 46.9 Å². The lowest BCUT2D eigenvalue weighted by Crippen LogP contribution is -2.46. The molecule has 0 aliphatic carbocycles. The van der Waals surface area contributed by atoms with E-state index in [0.29, 0.717) is 19.3 Å². The molecule has 0 aliphatic heterocycles. The van der Waals surface area contributed by atoms with Crippen LogP contribution in [0.3, 0.4) is 0 Å². The summed E-state index contributed by atoms with van der Waals surface area (Å²) in [5, 5.41) is 23.7. The predicted molar refractivity (Wildman–Crippen MR) is 268 cm³/mol. The van der Waals surface area contributed by atoms with E-state index in [9.17, 15) is 19.8 Å². The van der Waals surface area contributed by atoms with Crippen molar-refractivity contribution < 1.29 is 24.5 Å². The van der Waals surface area contributed by atoms with Crippen LogP contribution in [0.25, 0.3) is 0 Å². The number of aliphatic hydroxyl groups is 2. The van der Waals surface area contributed by atoms with Gasteiger partial charge in [-0.25, -0.2) is 0 Å². The van der Waals surface area contributed by atoms with Crippen molar-refractivity contribution in [3.8, 4) is 0 Å². The number of nitrogens with one attached hydrogen (secondary N) is 1. The van der Waals surface area contributed by atoms with Crippen molar-refractivity contribution in [3.63, 3.8) is 0 Å². The number of allylic oxidation sites excluding steroid dienone is 14. The van der Waals surface area contributed by atoms with Crippen LogP contribution in [0.2, 0.25) is 0 Å². The van der Waals surface area contributed by atoms with Gasteiger partial charge in [0.25, 0.3) is 0 Å². The van der Waals surface area contributed by atoms with Crippen molar-refractivity contribution in [3.05, 3.63) is 85.1 Å². The summed E-state index contributed by atoms with van der Waals surface area (Å²) in [6.45, 7) is 6.31. The molecule has 3 N–H and O–H groups in total. The summed E-state index contributed by atoms with van der Waals surface area (Å²) in [6.07, 6.45) is 63.5. The Bertz CT molecular complexity index is 1200. The third kappa shape index (κ3) is 43.7. The number of hydrogen-bond donors (Lipinski definition) is 3. The molecule has 1 amide bonds. The topological polar surface area (TPSA) is 95.9 Å². The molecule has 0 radical (unpaired) electrons. The number of carbonyl (C=O) groups is 2. The first-order valence-electron chi connectivity index (χ1n) is 25.9. The summed E-state index contributed by atoms with van der Waals surface area (Å²) in [4.78, 5) is 26.1. The number of rotatable bonds is 45. The summed E-state index contributed by atoms with van der Waals surface area (Å²) in [6, 6.07) is -0.723. The molecule has 0 bridgehead atoms. The minimum atomic E-state index is -0.806. The van der Waals surface area contributed by atoms with E-state index < -0.39 is 18.2 Å². The number of hydrogen-bond acceptors (Lipinski definition) is 5. The molecule has 0 heterocycles. The average molecular weight is 864 g/mol. The van der Waals surface area contributed by atoms with E-state index in [0.717, 1.165) is 103 Å². The summed E-state index contributed by atoms with van der Waals surface area (Å²) >= 11 is 0. The molecular formula is C56H97NO5. The van der Waals surface area contributed by atoms with Crippen molar-refractivity contribution >= 4 is 11.9 Å². The minimum absolute atomic E-state index is 0.0377. The zero-order valence-electron chi connectivity index (χ0n) is 40.5. The lowest BCUT2D eigenvalue weighted by molar-refractivity contribution is -0.151. The van der Waals surface area contributed by atoms with Crippen LogP contribution in [0, 0.1) is 0 Å². The molecule has 6 heteroatoms. The summed E-state index contributed by atoms with van der Waals surface area (Å²) < 4.78 is 5.90. The lowest BCUT2D eigenvalue weighted by atomic mass is 10.0. The average Bonchev–Trinajstić information content (AvgIpc) is 3.26. The molecule has 356 valence electrons. The first kappa shape index (κ1) is 59.0. The van der Waals surface area contributed by atoms with Gasteiger partial charge in [0.15, 0.2) is 0 Å². The number of amides is 1. The number of unbranched alkanes of at least 4 members (excludes halogenated alkanes) is 22. The molecule has 3 atom stereocenters. The Morgan fingerprint density at radius 2 is 0.935 bits per heavy atom. The summed E-state index contributed by atoms with van der Waals surface area (Å²) in [5.41, 5.74) is 0. The highest BCUT2D eigenvalue weighted by Gasteiger charge is 2.24. The van der Waals surface area contributed by atoms with Crippen molar-refractivity contribution in [2.45, 2.75) is 251 Å². The van der Waals surface area contributed by atoms with E-state index in [4.69, 9.17) is 4.74 Å². The Kier molecular flexibility index (Phi) is 46.7. The van der Waals surface area contributed by atoms with Gasteiger partial charge in [0.1, 0.15) is 6.10 Å². The smallest absolute Gasteiger partial charge is 0.306 e. The van der Waals surface area contributed by atoms with Crippen LogP contribution < -0.4 is 5.32 Å². The first-order valence-corrected chi connectivity index (χ1v) is 25.9. The van der Waals surface area contributed by atoms with Gasteiger partial charge in [0, 0.05) is 6.42 Å². The molecule has 0 aromatic carbocycles. The zero-order valence-corrected chi connectivity index (χ0v) is 40.5. The fourth-order valence-corrected chi connectivity index (χ4v) is 7.40. The Hall–Kier alpha value is -2.96. The van der Waals surface area contributed by atoms with Gasteiger partial charge in [-0.3, -0.25) is 9.59 Å². The van der Waals surface area contributed by atoms with Gasteiger partial charge < -0.3 is 20.3 Å². The normalized spacial score (nSPS) is 14.0. The second-order valence-corrected chi connectivity index (χ2v) is 17.3. The largest absolute Gasteiger partial charge is 0.462 e. The molecule has 0 aromatic heterocycles. The van der Waals surface area contributed by atoms with Crippen LogP contribution in [-0.2, 0) is 14.3 Å². The number of esters is 1. The third-order valence-electron chi connectivity index (χ3n) is 11.3. The maximum Gasteiger partial charge on any atom is 0.306 e. The molecule has 0 saturated carbocycles. The molecule has 3 unspecified atom stereocenters. The maximum absolute atomic E-state index is 13.2. The predicted octanol–water partition coefficient (Wildman–Crippen LogP) is 15.6. The molecule has 0 aromatic rings. The Labute approximate surface area is 383 Å². The van der Waals surface area contributed by atoms with Crippen LogP contribution in [0.1, 0.15) is 233 Å².